The third kappa shape index (κ3) is 1.99. The molecule has 13 heavy (non-hydrogen) atoms. The number of carbonyl (C=O) groups excluding carboxylic acids is 1. The van der Waals surface area contributed by atoms with E-state index in [0.29, 0.717) is 12.2 Å². The van der Waals surface area contributed by atoms with E-state index >= 15 is 0 Å². The minimum Gasteiger partial charge on any atom is -0.395 e. The van der Waals surface area contributed by atoms with Crippen LogP contribution in [0.4, 0.5) is 5.69 Å². The van der Waals surface area contributed by atoms with Crippen molar-refractivity contribution in [2.45, 2.75) is 20.3 Å². The first-order valence-corrected chi connectivity index (χ1v) is 4.25. The predicted molar refractivity (Wildman–Crippen MR) is 50.4 cm³/mol. The van der Waals surface area contributed by atoms with Gasteiger partial charge in [0, 0.05) is 6.54 Å². The van der Waals surface area contributed by atoms with Crippen molar-refractivity contribution in [3.05, 3.63) is 11.4 Å². The van der Waals surface area contributed by atoms with Gasteiger partial charge >= 0.3 is 0 Å². The summed E-state index contributed by atoms with van der Waals surface area (Å²) in [6, 6.07) is 0. The van der Waals surface area contributed by atoms with E-state index in [1.165, 1.54) is 0 Å². The van der Waals surface area contributed by atoms with Crippen LogP contribution in [0.15, 0.2) is 0 Å². The van der Waals surface area contributed by atoms with Crippen molar-refractivity contribution in [3.8, 4) is 0 Å². The summed E-state index contributed by atoms with van der Waals surface area (Å²) in [7, 11) is 0. The molecule has 0 spiro atoms. The minimum atomic E-state index is -0.219. The summed E-state index contributed by atoms with van der Waals surface area (Å²) < 4.78 is 0. The van der Waals surface area contributed by atoms with Gasteiger partial charge in [-0.2, -0.15) is 5.10 Å². The molecule has 0 aliphatic carbocycles. The molecule has 0 saturated carbocycles. The molecule has 0 unspecified atom stereocenters. The van der Waals surface area contributed by atoms with Crippen LogP contribution in [0, 0.1) is 6.92 Å². The molecule has 1 aromatic rings. The molecule has 1 amide bonds. The van der Waals surface area contributed by atoms with Gasteiger partial charge in [0.2, 0.25) is 0 Å². The molecule has 0 aromatic carbocycles. The lowest BCUT2D eigenvalue weighted by Crippen LogP contribution is -2.25. The average Bonchev–Trinajstić information content (AvgIpc) is 2.44. The van der Waals surface area contributed by atoms with E-state index in [-0.39, 0.29) is 11.6 Å². The Morgan fingerprint density at radius 3 is 2.85 bits per heavy atom. The van der Waals surface area contributed by atoms with E-state index < -0.39 is 0 Å². The minimum absolute atomic E-state index is 0.219. The number of amides is 1. The van der Waals surface area contributed by atoms with Gasteiger partial charge in [-0.3, -0.25) is 9.89 Å². The molecule has 0 aliphatic heterocycles. The van der Waals surface area contributed by atoms with Crippen LogP contribution in [0.3, 0.4) is 0 Å². The van der Waals surface area contributed by atoms with E-state index in [2.05, 4.69) is 15.5 Å². The molecule has 1 heterocycles. The van der Waals surface area contributed by atoms with Crippen molar-refractivity contribution in [1.82, 2.24) is 15.5 Å². The molecule has 0 fully saturated rings. The topological polar surface area (TPSA) is 83.8 Å². The first kappa shape index (κ1) is 9.57. The Kier molecular flexibility index (Phi) is 2.89. The van der Waals surface area contributed by atoms with E-state index in [0.717, 1.165) is 12.1 Å². The second kappa shape index (κ2) is 3.93. The Labute approximate surface area is 76.7 Å². The molecule has 0 radical (unpaired) electrons. The number of nitrogens with two attached hydrogens (primary N) is 1. The number of nitrogens with zero attached hydrogens (tertiary/aromatic N) is 1. The van der Waals surface area contributed by atoms with Crippen molar-refractivity contribution in [3.63, 3.8) is 0 Å². The van der Waals surface area contributed by atoms with Crippen molar-refractivity contribution in [2.24, 2.45) is 0 Å². The molecule has 4 N–H and O–H groups in total. The number of rotatable bonds is 3. The number of H-pyrrole nitrogens is 1. The fraction of sp³-hybridized carbons (Fsp3) is 0.500. The van der Waals surface area contributed by atoms with Gasteiger partial charge in [-0.1, -0.05) is 6.92 Å². The fourth-order valence-electron chi connectivity index (χ4n) is 0.933. The summed E-state index contributed by atoms with van der Waals surface area (Å²) in [5.74, 6) is -0.219. The Morgan fingerprint density at radius 2 is 2.38 bits per heavy atom. The van der Waals surface area contributed by atoms with Gasteiger partial charge in [0.1, 0.15) is 0 Å². The summed E-state index contributed by atoms with van der Waals surface area (Å²) in [4.78, 5) is 11.4. The molecule has 72 valence electrons. The molecule has 0 aliphatic rings. The Bertz CT molecular complexity index is 305. The normalized spacial score (nSPS) is 10.0. The number of hydrogen-bond donors (Lipinski definition) is 3. The number of aromatic amines is 1. The first-order chi connectivity index (χ1) is 6.16. The lowest BCUT2D eigenvalue weighted by atomic mass is 10.3. The second-order valence-corrected chi connectivity index (χ2v) is 2.87. The van der Waals surface area contributed by atoms with Crippen molar-refractivity contribution >= 4 is 11.6 Å². The number of carbonyl (C=O) groups is 1. The van der Waals surface area contributed by atoms with Gasteiger partial charge in [0.05, 0.1) is 11.4 Å². The SMILES string of the molecule is CCCNC(=O)c1n[nH]c(C)c1N. The number of anilines is 1. The van der Waals surface area contributed by atoms with Crippen LogP contribution in [-0.4, -0.2) is 22.6 Å². The highest BCUT2D eigenvalue weighted by molar-refractivity contribution is 5.97. The maximum Gasteiger partial charge on any atom is 0.273 e. The van der Waals surface area contributed by atoms with Crippen molar-refractivity contribution < 1.29 is 4.79 Å². The predicted octanol–water partition coefficient (Wildman–Crippen LogP) is 0.440. The van der Waals surface area contributed by atoms with E-state index in [9.17, 15) is 4.79 Å². The highest BCUT2D eigenvalue weighted by Crippen LogP contribution is 2.11. The quantitative estimate of drug-likeness (QED) is 0.634. The fourth-order valence-corrected chi connectivity index (χ4v) is 0.933. The average molecular weight is 182 g/mol. The first-order valence-electron chi connectivity index (χ1n) is 4.25. The van der Waals surface area contributed by atoms with Crippen LogP contribution >= 0.6 is 0 Å². The van der Waals surface area contributed by atoms with Gasteiger partial charge in [-0.25, -0.2) is 0 Å². The maximum absolute atomic E-state index is 11.4. The lowest BCUT2D eigenvalue weighted by molar-refractivity contribution is 0.0949. The third-order valence-corrected chi connectivity index (χ3v) is 1.75. The summed E-state index contributed by atoms with van der Waals surface area (Å²) >= 11 is 0. The number of hydrogen-bond acceptors (Lipinski definition) is 3. The van der Waals surface area contributed by atoms with Crippen LogP contribution in [0.1, 0.15) is 29.5 Å². The Morgan fingerprint density at radius 1 is 1.69 bits per heavy atom. The summed E-state index contributed by atoms with van der Waals surface area (Å²) in [6.07, 6.45) is 0.898. The third-order valence-electron chi connectivity index (χ3n) is 1.75. The van der Waals surface area contributed by atoms with Crippen LogP contribution < -0.4 is 11.1 Å². The van der Waals surface area contributed by atoms with Crippen molar-refractivity contribution in [2.75, 3.05) is 12.3 Å². The van der Waals surface area contributed by atoms with Gasteiger partial charge in [-0.15, -0.1) is 0 Å². The maximum atomic E-state index is 11.4. The molecule has 1 aromatic heterocycles. The monoisotopic (exact) mass is 182 g/mol. The molecule has 0 saturated heterocycles. The van der Waals surface area contributed by atoms with Gasteiger partial charge in [0.15, 0.2) is 5.69 Å². The number of nitrogens with one attached hydrogen (secondary N) is 2. The number of aromatic nitrogens is 2. The van der Waals surface area contributed by atoms with Crippen LogP contribution in [0.5, 0.6) is 0 Å². The van der Waals surface area contributed by atoms with Crippen LogP contribution in [0.2, 0.25) is 0 Å². The molecule has 5 nitrogen and oxygen atoms in total. The zero-order valence-corrected chi connectivity index (χ0v) is 7.85. The zero-order valence-electron chi connectivity index (χ0n) is 7.85. The van der Waals surface area contributed by atoms with Gasteiger partial charge < -0.3 is 11.1 Å². The Hall–Kier alpha value is -1.52. The second-order valence-electron chi connectivity index (χ2n) is 2.87. The standard InChI is InChI=1S/C8H14N4O/c1-3-4-10-8(13)7-6(9)5(2)11-12-7/h3-4,9H2,1-2H3,(H,10,13)(H,11,12). The summed E-state index contributed by atoms with van der Waals surface area (Å²) in [5.41, 5.74) is 7.05. The molecule has 5 heteroatoms. The van der Waals surface area contributed by atoms with Gasteiger partial charge in [0.25, 0.3) is 5.91 Å². The van der Waals surface area contributed by atoms with Gasteiger partial charge in [-0.05, 0) is 13.3 Å². The lowest BCUT2D eigenvalue weighted by Gasteiger charge is -2.00. The Balaban J connectivity index is 2.71. The van der Waals surface area contributed by atoms with Crippen LogP contribution in [-0.2, 0) is 0 Å². The van der Waals surface area contributed by atoms with E-state index in [1.807, 2.05) is 6.92 Å². The molecule has 1 rings (SSSR count). The smallest absolute Gasteiger partial charge is 0.273 e. The molecular weight excluding hydrogens is 168 g/mol. The van der Waals surface area contributed by atoms with E-state index in [4.69, 9.17) is 5.73 Å². The summed E-state index contributed by atoms with van der Waals surface area (Å²) in [6.45, 7) is 4.41. The zero-order chi connectivity index (χ0) is 9.84. The van der Waals surface area contributed by atoms with E-state index in [1.54, 1.807) is 6.92 Å². The highest BCUT2D eigenvalue weighted by atomic mass is 16.1. The summed E-state index contributed by atoms with van der Waals surface area (Å²) in [5, 5.41) is 9.17. The highest BCUT2D eigenvalue weighted by Gasteiger charge is 2.13. The van der Waals surface area contributed by atoms with Crippen molar-refractivity contribution in [1.29, 1.82) is 0 Å². The largest absolute Gasteiger partial charge is 0.395 e. The van der Waals surface area contributed by atoms with Crippen LogP contribution in [0.25, 0.3) is 0 Å². The molecule has 0 bridgehead atoms. The number of nitrogen functional groups attached to an aromatic ring is 1. The molecule has 0 atom stereocenters. The molecular formula is C8H14N4O. The number of aryl methyl sites for hydroxylation is 1.